The van der Waals surface area contributed by atoms with Gasteiger partial charge in [-0.1, -0.05) is 18.1 Å². The normalized spacial score (nSPS) is 23.4. The number of likely N-dealkylation sites (tertiary alicyclic amines) is 1. The fourth-order valence-electron chi connectivity index (χ4n) is 3.00. The van der Waals surface area contributed by atoms with E-state index in [2.05, 4.69) is 15.2 Å². The Morgan fingerprint density at radius 1 is 1.42 bits per heavy atom. The van der Waals surface area contributed by atoms with Gasteiger partial charge in [0.15, 0.2) is 5.69 Å². The summed E-state index contributed by atoms with van der Waals surface area (Å²) in [7, 11) is 0. The van der Waals surface area contributed by atoms with Crippen LogP contribution in [0.15, 0.2) is 6.20 Å². The van der Waals surface area contributed by atoms with Crippen LogP contribution in [-0.2, 0) is 0 Å². The van der Waals surface area contributed by atoms with Crippen LogP contribution >= 0.6 is 0 Å². The third-order valence-corrected chi connectivity index (χ3v) is 4.09. The lowest BCUT2D eigenvalue weighted by molar-refractivity contribution is -0.0259. The van der Waals surface area contributed by atoms with Crippen LogP contribution in [0, 0.1) is 0 Å². The van der Waals surface area contributed by atoms with Crippen molar-refractivity contribution in [2.75, 3.05) is 19.6 Å². The smallest absolute Gasteiger partial charge is 0.358 e. The number of carboxylic acids is 1. The topological polar surface area (TPSA) is 91.5 Å². The predicted molar refractivity (Wildman–Crippen MR) is 65.9 cm³/mol. The summed E-state index contributed by atoms with van der Waals surface area (Å²) in [6.07, 6.45) is 5.47. The number of nitrogens with zero attached hydrogens (tertiary/aromatic N) is 4. The van der Waals surface area contributed by atoms with Crippen molar-refractivity contribution in [1.29, 1.82) is 0 Å². The molecule has 0 aromatic carbocycles. The molecule has 1 saturated heterocycles. The first-order valence-corrected chi connectivity index (χ1v) is 6.66. The number of β-amino-alcohol motifs (C(OH)–C–C–N with tert-alkyl or cyclic N) is 1. The zero-order valence-electron chi connectivity index (χ0n) is 10.7. The van der Waals surface area contributed by atoms with Crippen LogP contribution in [0.2, 0.25) is 0 Å². The number of aromatic nitrogens is 3. The van der Waals surface area contributed by atoms with Gasteiger partial charge in [-0.15, -0.1) is 5.10 Å². The van der Waals surface area contributed by atoms with Crippen LogP contribution in [0.1, 0.15) is 42.2 Å². The summed E-state index contributed by atoms with van der Waals surface area (Å²) < 4.78 is 1.61. The maximum Gasteiger partial charge on any atom is 0.358 e. The van der Waals surface area contributed by atoms with Gasteiger partial charge in [-0.05, 0) is 12.8 Å². The molecule has 1 aromatic heterocycles. The molecule has 0 spiro atoms. The molecule has 0 bridgehead atoms. The van der Waals surface area contributed by atoms with Crippen molar-refractivity contribution in [1.82, 2.24) is 19.9 Å². The summed E-state index contributed by atoms with van der Waals surface area (Å²) >= 11 is 0. The molecular weight excluding hydrogens is 248 g/mol. The number of aliphatic hydroxyl groups is 1. The molecule has 0 radical (unpaired) electrons. The largest absolute Gasteiger partial charge is 0.476 e. The monoisotopic (exact) mass is 266 g/mol. The summed E-state index contributed by atoms with van der Waals surface area (Å²) in [5, 5.41) is 26.5. The molecular formula is C12H18N4O3. The number of hydrogen-bond acceptors (Lipinski definition) is 5. The van der Waals surface area contributed by atoms with E-state index in [1.54, 1.807) is 4.68 Å². The third-order valence-electron chi connectivity index (χ3n) is 4.09. The molecule has 3 rings (SSSR count). The van der Waals surface area contributed by atoms with Crippen LogP contribution < -0.4 is 0 Å². The van der Waals surface area contributed by atoms with E-state index in [9.17, 15) is 9.90 Å². The number of carbonyl (C=O) groups is 1. The van der Waals surface area contributed by atoms with Crippen molar-refractivity contribution in [2.45, 2.75) is 37.3 Å². The summed E-state index contributed by atoms with van der Waals surface area (Å²) in [6.45, 7) is 2.31. The Hall–Kier alpha value is -1.47. The van der Waals surface area contributed by atoms with Gasteiger partial charge in [0.1, 0.15) is 0 Å². The van der Waals surface area contributed by atoms with Crippen molar-refractivity contribution >= 4 is 5.97 Å². The highest BCUT2D eigenvalue weighted by molar-refractivity contribution is 5.84. The molecule has 7 nitrogen and oxygen atoms in total. The van der Waals surface area contributed by atoms with Gasteiger partial charge in [-0.3, -0.25) is 4.90 Å². The number of rotatable bonds is 4. The minimum Gasteiger partial charge on any atom is -0.476 e. The van der Waals surface area contributed by atoms with Gasteiger partial charge in [0.2, 0.25) is 0 Å². The van der Waals surface area contributed by atoms with Gasteiger partial charge in [0, 0.05) is 19.6 Å². The Kier molecular flexibility index (Phi) is 3.02. The average molecular weight is 266 g/mol. The summed E-state index contributed by atoms with van der Waals surface area (Å²) in [5.41, 5.74) is -0.535. The molecule has 1 saturated carbocycles. The van der Waals surface area contributed by atoms with Crippen molar-refractivity contribution in [2.24, 2.45) is 0 Å². The van der Waals surface area contributed by atoms with Crippen LogP contribution in [-0.4, -0.2) is 61.3 Å². The summed E-state index contributed by atoms with van der Waals surface area (Å²) in [6, 6.07) is 0.172. The Balaban J connectivity index is 1.53. The molecule has 2 fully saturated rings. The molecule has 1 aliphatic heterocycles. The van der Waals surface area contributed by atoms with E-state index in [1.165, 1.54) is 6.20 Å². The van der Waals surface area contributed by atoms with E-state index >= 15 is 0 Å². The van der Waals surface area contributed by atoms with Crippen LogP contribution in [0.3, 0.4) is 0 Å². The average Bonchev–Trinajstić information content (AvgIpc) is 2.92. The fraction of sp³-hybridized carbons (Fsp3) is 0.750. The quantitative estimate of drug-likeness (QED) is 0.805. The lowest BCUT2D eigenvalue weighted by Gasteiger charge is -2.42. The van der Waals surface area contributed by atoms with E-state index in [1.807, 2.05) is 0 Å². The number of hydrogen-bond donors (Lipinski definition) is 2. The maximum absolute atomic E-state index is 10.7. The van der Waals surface area contributed by atoms with Crippen LogP contribution in [0.5, 0.6) is 0 Å². The molecule has 2 heterocycles. The van der Waals surface area contributed by atoms with E-state index in [-0.39, 0.29) is 11.7 Å². The standard InChI is InChI=1S/C12H18N4O3/c17-11(18)10-7-16(14-13-10)9-5-15(6-9)8-12(19)3-1-2-4-12/h7,9,19H,1-6,8H2,(H,17,18). The molecule has 104 valence electrons. The van der Waals surface area contributed by atoms with Crippen molar-refractivity contribution in [3.05, 3.63) is 11.9 Å². The minimum absolute atomic E-state index is 0.0205. The van der Waals surface area contributed by atoms with Crippen molar-refractivity contribution in [3.63, 3.8) is 0 Å². The molecule has 0 atom stereocenters. The number of aromatic carboxylic acids is 1. The molecule has 1 aromatic rings. The summed E-state index contributed by atoms with van der Waals surface area (Å²) in [4.78, 5) is 12.9. The highest BCUT2D eigenvalue weighted by Gasteiger charge is 2.38. The SMILES string of the molecule is O=C(O)c1cn(C2CN(CC3(O)CCCC3)C2)nn1. The van der Waals surface area contributed by atoms with E-state index in [0.29, 0.717) is 6.54 Å². The van der Waals surface area contributed by atoms with Gasteiger partial charge in [-0.25, -0.2) is 9.48 Å². The summed E-state index contributed by atoms with van der Waals surface area (Å²) in [5.74, 6) is -1.05. The predicted octanol–water partition coefficient (Wildman–Crippen LogP) is 0.138. The molecule has 2 aliphatic rings. The second-order valence-corrected chi connectivity index (χ2v) is 5.67. The highest BCUT2D eigenvalue weighted by Crippen LogP contribution is 2.32. The van der Waals surface area contributed by atoms with Gasteiger partial charge >= 0.3 is 5.97 Å². The first kappa shape index (κ1) is 12.6. The Morgan fingerprint density at radius 2 is 2.11 bits per heavy atom. The van der Waals surface area contributed by atoms with Gasteiger partial charge in [-0.2, -0.15) is 0 Å². The van der Waals surface area contributed by atoms with Gasteiger partial charge < -0.3 is 10.2 Å². The van der Waals surface area contributed by atoms with Crippen LogP contribution in [0.4, 0.5) is 0 Å². The van der Waals surface area contributed by atoms with E-state index in [0.717, 1.165) is 38.8 Å². The molecule has 0 unspecified atom stereocenters. The lowest BCUT2D eigenvalue weighted by atomic mass is 9.98. The van der Waals surface area contributed by atoms with Gasteiger partial charge in [0.25, 0.3) is 0 Å². The highest BCUT2D eigenvalue weighted by atomic mass is 16.4. The lowest BCUT2D eigenvalue weighted by Crippen LogP contribution is -2.53. The third kappa shape index (κ3) is 2.48. The molecule has 1 aliphatic carbocycles. The fourth-order valence-corrected chi connectivity index (χ4v) is 3.00. The Morgan fingerprint density at radius 3 is 2.68 bits per heavy atom. The van der Waals surface area contributed by atoms with E-state index in [4.69, 9.17) is 5.11 Å². The van der Waals surface area contributed by atoms with Gasteiger partial charge in [0.05, 0.1) is 17.8 Å². The minimum atomic E-state index is -1.05. The second-order valence-electron chi connectivity index (χ2n) is 5.67. The first-order valence-electron chi connectivity index (χ1n) is 6.66. The van der Waals surface area contributed by atoms with Crippen LogP contribution in [0.25, 0.3) is 0 Å². The van der Waals surface area contributed by atoms with E-state index < -0.39 is 11.6 Å². The first-order chi connectivity index (χ1) is 9.06. The van der Waals surface area contributed by atoms with Crippen molar-refractivity contribution in [3.8, 4) is 0 Å². The maximum atomic E-state index is 10.7. The number of carboxylic acid groups (broad SMARTS) is 1. The zero-order chi connectivity index (χ0) is 13.5. The Bertz CT molecular complexity index is 475. The molecule has 19 heavy (non-hydrogen) atoms. The molecule has 0 amide bonds. The molecule has 2 N–H and O–H groups in total. The molecule has 7 heteroatoms. The zero-order valence-corrected chi connectivity index (χ0v) is 10.7. The van der Waals surface area contributed by atoms with Crippen molar-refractivity contribution < 1.29 is 15.0 Å². The Labute approximate surface area is 110 Å². The second kappa shape index (κ2) is 4.57.